The number of carbonyl (C=O) groups excluding carboxylic acids is 2. The third kappa shape index (κ3) is 2.53. The monoisotopic (exact) mass is 264 g/mol. The maximum atomic E-state index is 11.1. The van der Waals surface area contributed by atoms with Crippen LogP contribution in [0.1, 0.15) is 16.9 Å². The predicted molar refractivity (Wildman–Crippen MR) is 67.9 cm³/mol. The zero-order valence-corrected chi connectivity index (χ0v) is 10.6. The van der Waals surface area contributed by atoms with Gasteiger partial charge in [-0.3, -0.25) is 14.0 Å². The molecule has 5 nitrogen and oxygen atoms in total. The van der Waals surface area contributed by atoms with E-state index >= 15 is 0 Å². The molecule has 0 saturated heterocycles. The summed E-state index contributed by atoms with van der Waals surface area (Å²) < 4.78 is 6.29. The summed E-state index contributed by atoms with van der Waals surface area (Å²) in [4.78, 5) is 26.4. The molecule has 0 fully saturated rings. The van der Waals surface area contributed by atoms with Gasteiger partial charge in [0.2, 0.25) is 0 Å². The fourth-order valence-electron chi connectivity index (χ4n) is 1.54. The lowest BCUT2D eigenvalue weighted by Gasteiger charge is -1.98. The van der Waals surface area contributed by atoms with E-state index in [-0.39, 0.29) is 5.97 Å². The molecule has 0 aliphatic heterocycles. The number of ether oxygens (including phenoxy) is 1. The topological polar surface area (TPSA) is 60.7 Å². The van der Waals surface area contributed by atoms with Crippen molar-refractivity contribution in [2.24, 2.45) is 0 Å². The fourth-order valence-corrected chi connectivity index (χ4v) is 2.45. The summed E-state index contributed by atoms with van der Waals surface area (Å²) in [5.41, 5.74) is 1.24. The van der Waals surface area contributed by atoms with Crippen LogP contribution < -0.4 is 0 Å². The molecule has 2 heterocycles. The van der Waals surface area contributed by atoms with E-state index in [0.717, 1.165) is 11.9 Å². The SMILES string of the molecule is COC(=O)CCSc1nc2ccccn2c1C=O. The lowest BCUT2D eigenvalue weighted by Crippen LogP contribution is -2.01. The first-order chi connectivity index (χ1) is 8.76. The average Bonchev–Trinajstić information content (AvgIpc) is 2.75. The van der Waals surface area contributed by atoms with E-state index in [1.54, 1.807) is 10.6 Å². The standard InChI is InChI=1S/C12H12N2O3S/c1-17-11(16)5-7-18-12-9(8-15)14-6-3-2-4-10(14)13-12/h2-4,6,8H,5,7H2,1H3. The van der Waals surface area contributed by atoms with Crippen molar-refractivity contribution in [1.29, 1.82) is 0 Å². The molecule has 0 spiro atoms. The van der Waals surface area contributed by atoms with Gasteiger partial charge >= 0.3 is 5.97 Å². The van der Waals surface area contributed by atoms with E-state index in [1.165, 1.54) is 18.9 Å². The van der Waals surface area contributed by atoms with Gasteiger partial charge < -0.3 is 4.74 Å². The van der Waals surface area contributed by atoms with Crippen molar-refractivity contribution < 1.29 is 14.3 Å². The molecular weight excluding hydrogens is 252 g/mol. The first-order valence-electron chi connectivity index (χ1n) is 5.38. The number of aldehydes is 1. The van der Waals surface area contributed by atoms with E-state index in [1.807, 2.05) is 18.2 Å². The highest BCUT2D eigenvalue weighted by molar-refractivity contribution is 7.99. The van der Waals surface area contributed by atoms with Gasteiger partial charge in [0.25, 0.3) is 0 Å². The van der Waals surface area contributed by atoms with Crippen LogP contribution >= 0.6 is 11.8 Å². The molecular formula is C12H12N2O3S. The van der Waals surface area contributed by atoms with Crippen LogP contribution in [0.3, 0.4) is 0 Å². The van der Waals surface area contributed by atoms with Crippen molar-refractivity contribution in [3.8, 4) is 0 Å². The number of carbonyl (C=O) groups is 2. The molecule has 2 aromatic heterocycles. The summed E-state index contributed by atoms with van der Waals surface area (Å²) in [6, 6.07) is 5.53. The highest BCUT2D eigenvalue weighted by Crippen LogP contribution is 2.22. The Morgan fingerprint density at radius 3 is 3.11 bits per heavy atom. The fraction of sp³-hybridized carbons (Fsp3) is 0.250. The van der Waals surface area contributed by atoms with Crippen molar-refractivity contribution in [2.75, 3.05) is 12.9 Å². The third-order valence-electron chi connectivity index (χ3n) is 2.42. The summed E-state index contributed by atoms with van der Waals surface area (Å²) in [7, 11) is 1.36. The minimum absolute atomic E-state index is 0.265. The van der Waals surface area contributed by atoms with Gasteiger partial charge in [0.05, 0.1) is 13.5 Å². The summed E-state index contributed by atoms with van der Waals surface area (Å²) in [5, 5.41) is 0.639. The molecule has 2 aromatic rings. The Bertz CT molecular complexity index is 580. The second-order valence-electron chi connectivity index (χ2n) is 3.52. The maximum Gasteiger partial charge on any atom is 0.306 e. The van der Waals surface area contributed by atoms with Crippen molar-refractivity contribution in [2.45, 2.75) is 11.4 Å². The zero-order chi connectivity index (χ0) is 13.0. The van der Waals surface area contributed by atoms with Crippen molar-refractivity contribution in [3.63, 3.8) is 0 Å². The van der Waals surface area contributed by atoms with Crippen LogP contribution in [0.2, 0.25) is 0 Å². The summed E-state index contributed by atoms with van der Waals surface area (Å²) in [6.07, 6.45) is 2.87. The maximum absolute atomic E-state index is 11.1. The largest absolute Gasteiger partial charge is 0.469 e. The molecule has 0 atom stereocenters. The van der Waals surface area contributed by atoms with E-state index < -0.39 is 0 Å². The number of hydrogen-bond donors (Lipinski definition) is 0. The number of esters is 1. The second-order valence-corrected chi connectivity index (χ2v) is 4.61. The van der Waals surface area contributed by atoms with E-state index in [9.17, 15) is 9.59 Å². The van der Waals surface area contributed by atoms with Gasteiger partial charge in [-0.1, -0.05) is 6.07 Å². The molecule has 94 valence electrons. The van der Waals surface area contributed by atoms with Gasteiger partial charge in [-0.15, -0.1) is 11.8 Å². The van der Waals surface area contributed by atoms with Gasteiger partial charge in [-0.05, 0) is 12.1 Å². The Morgan fingerprint density at radius 1 is 1.56 bits per heavy atom. The Balaban J connectivity index is 2.17. The number of hydrogen-bond acceptors (Lipinski definition) is 5. The second kappa shape index (κ2) is 5.68. The zero-order valence-electron chi connectivity index (χ0n) is 9.83. The number of imidazole rings is 1. The van der Waals surface area contributed by atoms with Crippen LogP contribution in [0, 0.1) is 0 Å². The quantitative estimate of drug-likeness (QED) is 0.468. The first-order valence-corrected chi connectivity index (χ1v) is 6.36. The van der Waals surface area contributed by atoms with E-state index in [2.05, 4.69) is 9.72 Å². The number of fused-ring (bicyclic) bond motifs is 1. The van der Waals surface area contributed by atoms with Gasteiger partial charge in [0, 0.05) is 11.9 Å². The molecule has 0 aromatic carbocycles. The molecule has 0 radical (unpaired) electrons. The normalized spacial score (nSPS) is 10.5. The number of pyridine rings is 1. The smallest absolute Gasteiger partial charge is 0.306 e. The first kappa shape index (κ1) is 12.6. The Hall–Kier alpha value is -1.82. The minimum atomic E-state index is -0.265. The average molecular weight is 264 g/mol. The Morgan fingerprint density at radius 2 is 2.39 bits per heavy atom. The molecule has 0 amide bonds. The molecule has 0 unspecified atom stereocenters. The summed E-state index contributed by atoms with van der Waals surface area (Å²) in [5.74, 6) is 0.274. The van der Waals surface area contributed by atoms with Crippen LogP contribution in [0.4, 0.5) is 0 Å². The van der Waals surface area contributed by atoms with Crippen molar-refractivity contribution in [3.05, 3.63) is 30.1 Å². The van der Waals surface area contributed by atoms with Crippen LogP contribution in [-0.4, -0.2) is 34.5 Å². The minimum Gasteiger partial charge on any atom is -0.469 e. The number of methoxy groups -OCH3 is 1. The number of thioether (sulfide) groups is 1. The summed E-state index contributed by atoms with van der Waals surface area (Å²) in [6.45, 7) is 0. The molecule has 18 heavy (non-hydrogen) atoms. The van der Waals surface area contributed by atoms with E-state index in [0.29, 0.717) is 22.9 Å². The molecule has 0 aliphatic carbocycles. The molecule has 0 aliphatic rings. The number of nitrogens with zero attached hydrogens (tertiary/aromatic N) is 2. The molecule has 0 saturated carbocycles. The van der Waals surface area contributed by atoms with Crippen LogP contribution in [0.15, 0.2) is 29.4 Å². The summed E-state index contributed by atoms with van der Waals surface area (Å²) >= 11 is 1.38. The lowest BCUT2D eigenvalue weighted by atomic mass is 10.4. The van der Waals surface area contributed by atoms with Gasteiger partial charge in [0.1, 0.15) is 16.4 Å². The highest BCUT2D eigenvalue weighted by Gasteiger charge is 2.12. The molecule has 6 heteroatoms. The number of aromatic nitrogens is 2. The van der Waals surface area contributed by atoms with Crippen LogP contribution in [-0.2, 0) is 9.53 Å². The molecule has 2 rings (SSSR count). The van der Waals surface area contributed by atoms with E-state index in [4.69, 9.17) is 0 Å². The van der Waals surface area contributed by atoms with Crippen molar-refractivity contribution >= 4 is 29.7 Å². The predicted octanol–water partition coefficient (Wildman–Crippen LogP) is 1.80. The Kier molecular flexibility index (Phi) is 3.99. The molecule has 0 bridgehead atoms. The van der Waals surface area contributed by atoms with Gasteiger partial charge in [-0.25, -0.2) is 4.98 Å². The number of rotatable bonds is 5. The molecule has 0 N–H and O–H groups in total. The third-order valence-corrected chi connectivity index (χ3v) is 3.40. The highest BCUT2D eigenvalue weighted by atomic mass is 32.2. The van der Waals surface area contributed by atoms with Crippen molar-refractivity contribution in [1.82, 2.24) is 9.38 Å². The van der Waals surface area contributed by atoms with Crippen LogP contribution in [0.5, 0.6) is 0 Å². The lowest BCUT2D eigenvalue weighted by molar-refractivity contribution is -0.140. The van der Waals surface area contributed by atoms with Gasteiger partial charge in [0.15, 0.2) is 6.29 Å². The Labute approximate surface area is 108 Å². The van der Waals surface area contributed by atoms with Gasteiger partial charge in [-0.2, -0.15) is 0 Å². The van der Waals surface area contributed by atoms with Crippen LogP contribution in [0.25, 0.3) is 5.65 Å².